The van der Waals surface area contributed by atoms with Gasteiger partial charge < -0.3 is 0 Å². The molecule has 1 aliphatic rings. The van der Waals surface area contributed by atoms with Crippen LogP contribution in [0.5, 0.6) is 0 Å². The molecule has 138 valence electrons. The SMILES string of the molecule is CCCC(C)C1(CC)CCC(C)(C)N(C(C)(C)C)C(C)CC1C. The third-order valence-corrected chi connectivity index (χ3v) is 7.06. The van der Waals surface area contributed by atoms with Crippen LogP contribution in [0.2, 0.25) is 0 Å². The molecule has 1 heteroatoms. The van der Waals surface area contributed by atoms with E-state index in [1.165, 1.54) is 38.5 Å². The summed E-state index contributed by atoms with van der Waals surface area (Å²) in [7, 11) is 0. The third kappa shape index (κ3) is 4.33. The largest absolute Gasteiger partial charge is 0.291 e. The molecule has 0 aromatic carbocycles. The van der Waals surface area contributed by atoms with E-state index in [1.54, 1.807) is 0 Å². The molecule has 1 aliphatic heterocycles. The molecule has 0 bridgehead atoms. The first-order valence-corrected chi connectivity index (χ1v) is 10.2. The van der Waals surface area contributed by atoms with Crippen LogP contribution >= 0.6 is 0 Å². The van der Waals surface area contributed by atoms with Crippen molar-refractivity contribution in [3.05, 3.63) is 0 Å². The van der Waals surface area contributed by atoms with Gasteiger partial charge in [0, 0.05) is 17.1 Å². The van der Waals surface area contributed by atoms with Gasteiger partial charge in [-0.25, -0.2) is 0 Å². The quantitative estimate of drug-likeness (QED) is 0.543. The maximum absolute atomic E-state index is 2.81. The Balaban J connectivity index is 3.19. The lowest BCUT2D eigenvalue weighted by Gasteiger charge is -2.57. The van der Waals surface area contributed by atoms with Crippen LogP contribution in [0.3, 0.4) is 0 Å². The van der Waals surface area contributed by atoms with Gasteiger partial charge in [0.1, 0.15) is 0 Å². The van der Waals surface area contributed by atoms with E-state index in [4.69, 9.17) is 0 Å². The normalized spacial score (nSPS) is 34.7. The lowest BCUT2D eigenvalue weighted by Crippen LogP contribution is -2.60. The number of rotatable bonds is 4. The minimum atomic E-state index is 0.240. The molecule has 1 heterocycles. The van der Waals surface area contributed by atoms with Gasteiger partial charge in [-0.3, -0.25) is 4.90 Å². The van der Waals surface area contributed by atoms with Crippen molar-refractivity contribution in [2.24, 2.45) is 17.3 Å². The number of likely N-dealkylation sites (tertiary alicyclic amines) is 1. The molecule has 0 spiro atoms. The molecule has 0 amide bonds. The molecule has 0 saturated carbocycles. The first kappa shape index (κ1) is 21.0. The zero-order chi connectivity index (χ0) is 18.1. The van der Waals surface area contributed by atoms with E-state index in [2.05, 4.69) is 74.1 Å². The summed E-state index contributed by atoms with van der Waals surface area (Å²) in [4.78, 5) is 2.81. The molecule has 1 fully saturated rings. The molecule has 23 heavy (non-hydrogen) atoms. The van der Waals surface area contributed by atoms with Crippen molar-refractivity contribution in [1.29, 1.82) is 0 Å². The fourth-order valence-corrected chi connectivity index (χ4v) is 6.25. The Hall–Kier alpha value is -0.0400. The van der Waals surface area contributed by atoms with Crippen LogP contribution in [0.4, 0.5) is 0 Å². The Bertz CT molecular complexity index is 365. The van der Waals surface area contributed by atoms with Gasteiger partial charge in [-0.1, -0.05) is 40.5 Å². The van der Waals surface area contributed by atoms with Gasteiger partial charge in [-0.2, -0.15) is 0 Å². The van der Waals surface area contributed by atoms with Crippen LogP contribution in [0, 0.1) is 17.3 Å². The predicted molar refractivity (Wildman–Crippen MR) is 105 cm³/mol. The van der Waals surface area contributed by atoms with Crippen LogP contribution in [0.1, 0.15) is 108 Å². The summed E-state index contributed by atoms with van der Waals surface area (Å²) in [6.45, 7) is 24.5. The standard InChI is InChI=1S/C22H45N/c1-11-13-17(3)22(12-2)15-14-21(9,10)23(20(6,7)8)19(5)16-18(22)4/h17-19H,11-16H2,1-10H3. The molecule has 0 aromatic rings. The van der Waals surface area contributed by atoms with Crippen molar-refractivity contribution in [1.82, 2.24) is 4.90 Å². The lowest BCUT2D eigenvalue weighted by atomic mass is 9.58. The molecule has 1 saturated heterocycles. The number of hydrogen-bond acceptors (Lipinski definition) is 1. The summed E-state index contributed by atoms with van der Waals surface area (Å²) in [5.41, 5.74) is 1.06. The summed E-state index contributed by atoms with van der Waals surface area (Å²) >= 11 is 0. The zero-order valence-corrected chi connectivity index (χ0v) is 17.9. The van der Waals surface area contributed by atoms with Gasteiger partial charge in [-0.05, 0) is 84.5 Å². The van der Waals surface area contributed by atoms with Crippen LogP contribution in [0.25, 0.3) is 0 Å². The molecule has 0 radical (unpaired) electrons. The first-order valence-electron chi connectivity index (χ1n) is 10.2. The lowest BCUT2D eigenvalue weighted by molar-refractivity contribution is -0.0701. The number of hydrogen-bond donors (Lipinski definition) is 0. The highest BCUT2D eigenvalue weighted by Gasteiger charge is 2.47. The van der Waals surface area contributed by atoms with Crippen molar-refractivity contribution >= 4 is 0 Å². The minimum absolute atomic E-state index is 0.240. The van der Waals surface area contributed by atoms with Gasteiger partial charge in [0.15, 0.2) is 0 Å². The van der Waals surface area contributed by atoms with E-state index in [0.29, 0.717) is 11.5 Å². The van der Waals surface area contributed by atoms with E-state index in [1.807, 2.05) is 0 Å². The Morgan fingerprint density at radius 1 is 1.09 bits per heavy atom. The van der Waals surface area contributed by atoms with E-state index < -0.39 is 0 Å². The zero-order valence-electron chi connectivity index (χ0n) is 17.9. The molecule has 0 N–H and O–H groups in total. The van der Waals surface area contributed by atoms with E-state index in [0.717, 1.165) is 11.8 Å². The second-order valence-electron chi connectivity index (χ2n) is 10.1. The van der Waals surface area contributed by atoms with Crippen molar-refractivity contribution in [2.75, 3.05) is 0 Å². The second kappa shape index (κ2) is 7.46. The highest BCUT2D eigenvalue weighted by molar-refractivity contribution is 5.00. The minimum Gasteiger partial charge on any atom is -0.291 e. The summed E-state index contributed by atoms with van der Waals surface area (Å²) in [6.07, 6.45) is 8.09. The molecular weight excluding hydrogens is 278 g/mol. The predicted octanol–water partition coefficient (Wildman–Crippen LogP) is 6.91. The van der Waals surface area contributed by atoms with Crippen molar-refractivity contribution in [2.45, 2.75) is 125 Å². The molecule has 4 atom stereocenters. The van der Waals surface area contributed by atoms with Crippen LogP contribution in [0.15, 0.2) is 0 Å². The monoisotopic (exact) mass is 323 g/mol. The molecule has 4 unspecified atom stereocenters. The van der Waals surface area contributed by atoms with E-state index in [-0.39, 0.29) is 11.1 Å². The molecule has 1 nitrogen and oxygen atoms in total. The van der Waals surface area contributed by atoms with Crippen molar-refractivity contribution in [3.8, 4) is 0 Å². The Morgan fingerprint density at radius 2 is 1.65 bits per heavy atom. The molecular formula is C22H45N. The molecule has 1 rings (SSSR count). The van der Waals surface area contributed by atoms with Gasteiger partial charge in [-0.15, -0.1) is 0 Å². The third-order valence-electron chi connectivity index (χ3n) is 7.06. The Kier molecular flexibility index (Phi) is 6.81. The Morgan fingerprint density at radius 3 is 2.09 bits per heavy atom. The van der Waals surface area contributed by atoms with E-state index >= 15 is 0 Å². The van der Waals surface area contributed by atoms with E-state index in [9.17, 15) is 0 Å². The summed E-state index contributed by atoms with van der Waals surface area (Å²) < 4.78 is 0. The average Bonchev–Trinajstić information content (AvgIpc) is 2.36. The average molecular weight is 324 g/mol. The maximum atomic E-state index is 2.81. The van der Waals surface area contributed by atoms with Crippen LogP contribution in [-0.4, -0.2) is 22.0 Å². The fourth-order valence-electron chi connectivity index (χ4n) is 6.25. The van der Waals surface area contributed by atoms with Gasteiger partial charge in [0.25, 0.3) is 0 Å². The van der Waals surface area contributed by atoms with Gasteiger partial charge in [0.05, 0.1) is 0 Å². The van der Waals surface area contributed by atoms with Gasteiger partial charge in [0.2, 0.25) is 0 Å². The summed E-state index contributed by atoms with van der Waals surface area (Å²) in [6, 6.07) is 0.653. The second-order valence-corrected chi connectivity index (χ2v) is 10.1. The summed E-state index contributed by atoms with van der Waals surface area (Å²) in [5, 5.41) is 0. The maximum Gasteiger partial charge on any atom is 0.0161 e. The fraction of sp³-hybridized carbons (Fsp3) is 1.00. The first-order chi connectivity index (χ1) is 10.4. The summed E-state index contributed by atoms with van der Waals surface area (Å²) in [5.74, 6) is 1.65. The van der Waals surface area contributed by atoms with Crippen LogP contribution < -0.4 is 0 Å². The highest BCUT2D eigenvalue weighted by Crippen LogP contribution is 2.51. The van der Waals surface area contributed by atoms with Gasteiger partial charge >= 0.3 is 0 Å². The highest BCUT2D eigenvalue weighted by atomic mass is 15.3. The van der Waals surface area contributed by atoms with Crippen LogP contribution in [-0.2, 0) is 0 Å². The van der Waals surface area contributed by atoms with Crippen molar-refractivity contribution in [3.63, 3.8) is 0 Å². The topological polar surface area (TPSA) is 3.24 Å². The molecule has 0 aliphatic carbocycles. The van der Waals surface area contributed by atoms with Crippen molar-refractivity contribution < 1.29 is 0 Å². The smallest absolute Gasteiger partial charge is 0.0161 e. The number of nitrogens with zero attached hydrogens (tertiary/aromatic N) is 1. The molecule has 0 aromatic heterocycles. The Labute approximate surface area is 147 Å².